The largest absolute Gasteiger partial charge is 0.406 e. The number of halogens is 1. The molecule has 3 rings (SSSR count). The molecule has 0 bridgehead atoms. The number of alkyl halides is 1. The van der Waals surface area contributed by atoms with Gasteiger partial charge < -0.3 is 4.42 Å². The fourth-order valence-corrected chi connectivity index (χ4v) is 2.51. The first-order valence-electron chi connectivity index (χ1n) is 6.49. The van der Waals surface area contributed by atoms with Crippen LogP contribution in [0.5, 0.6) is 0 Å². The number of rotatable bonds is 2. The lowest BCUT2D eigenvalue weighted by molar-refractivity contribution is 0.491. The molecule has 0 saturated carbocycles. The van der Waals surface area contributed by atoms with Crippen molar-refractivity contribution >= 4 is 23.3 Å². The summed E-state index contributed by atoms with van der Waals surface area (Å²) in [4.78, 5) is 2.08. The molecular weight excluding hydrogens is 262 g/mol. The van der Waals surface area contributed by atoms with Gasteiger partial charge in [-0.2, -0.15) is 0 Å². The predicted octanol–water partition coefficient (Wildman–Crippen LogP) is 3.76. The molecule has 0 spiro atoms. The molecule has 1 atom stereocenters. The second kappa shape index (κ2) is 4.85. The first-order valence-corrected chi connectivity index (χ1v) is 6.93. The smallest absolute Gasteiger partial charge is 0.322 e. The van der Waals surface area contributed by atoms with E-state index in [2.05, 4.69) is 40.2 Å². The molecule has 1 unspecified atom stereocenters. The minimum Gasteiger partial charge on any atom is -0.406 e. The highest BCUT2D eigenvalue weighted by molar-refractivity contribution is 6.20. The van der Waals surface area contributed by atoms with Crippen molar-refractivity contribution in [3.05, 3.63) is 35.2 Å². The van der Waals surface area contributed by atoms with Crippen molar-refractivity contribution in [2.75, 3.05) is 11.4 Å². The quantitative estimate of drug-likeness (QED) is 0.784. The summed E-state index contributed by atoms with van der Waals surface area (Å²) in [5.41, 5.74) is 3.78. The third-order valence-corrected chi connectivity index (χ3v) is 3.54. The number of aryl methyl sites for hydroxylation is 2. The molecule has 1 aliphatic heterocycles. The maximum Gasteiger partial charge on any atom is 0.322 e. The van der Waals surface area contributed by atoms with E-state index in [0.29, 0.717) is 11.9 Å². The molecule has 0 aliphatic carbocycles. The number of hydrogen-bond donors (Lipinski definition) is 0. The zero-order valence-corrected chi connectivity index (χ0v) is 11.8. The molecule has 4 nitrogen and oxygen atoms in total. The molecule has 0 amide bonds. The van der Waals surface area contributed by atoms with Crippen LogP contribution in [-0.2, 0) is 6.42 Å². The first kappa shape index (κ1) is 12.5. The maximum absolute atomic E-state index is 5.96. The van der Waals surface area contributed by atoms with Crippen LogP contribution in [0.4, 0.5) is 11.7 Å². The van der Waals surface area contributed by atoms with Gasteiger partial charge in [0.1, 0.15) is 5.38 Å². The molecule has 19 heavy (non-hydrogen) atoms. The Bertz CT molecular complexity index is 594. The molecule has 1 aromatic carbocycles. The number of nitrogens with zero attached hydrogens (tertiary/aromatic N) is 3. The van der Waals surface area contributed by atoms with E-state index in [1.165, 1.54) is 11.1 Å². The van der Waals surface area contributed by atoms with E-state index in [1.807, 2.05) is 6.92 Å². The molecule has 2 aromatic rings. The van der Waals surface area contributed by atoms with Gasteiger partial charge in [0.2, 0.25) is 5.89 Å². The van der Waals surface area contributed by atoms with Gasteiger partial charge in [0.25, 0.3) is 0 Å². The van der Waals surface area contributed by atoms with Crippen molar-refractivity contribution in [3.8, 4) is 0 Å². The van der Waals surface area contributed by atoms with E-state index >= 15 is 0 Å². The molecule has 0 N–H and O–H groups in total. The lowest BCUT2D eigenvalue weighted by Gasteiger charge is -2.27. The highest BCUT2D eigenvalue weighted by Crippen LogP contribution is 2.34. The van der Waals surface area contributed by atoms with Crippen molar-refractivity contribution in [1.29, 1.82) is 0 Å². The molecule has 0 radical (unpaired) electrons. The summed E-state index contributed by atoms with van der Waals surface area (Å²) in [6.45, 7) is 4.83. The summed E-state index contributed by atoms with van der Waals surface area (Å²) in [6, 6.07) is 6.99. The second-order valence-electron chi connectivity index (χ2n) is 4.93. The topological polar surface area (TPSA) is 42.2 Å². The zero-order valence-electron chi connectivity index (χ0n) is 11.1. The Morgan fingerprint density at radius 3 is 2.95 bits per heavy atom. The van der Waals surface area contributed by atoms with Gasteiger partial charge in [0.15, 0.2) is 0 Å². The summed E-state index contributed by atoms with van der Waals surface area (Å²) in [7, 11) is 0. The monoisotopic (exact) mass is 277 g/mol. The molecule has 1 aliphatic rings. The average Bonchev–Trinajstić information content (AvgIpc) is 2.87. The van der Waals surface area contributed by atoms with Gasteiger partial charge in [-0.1, -0.05) is 22.8 Å². The summed E-state index contributed by atoms with van der Waals surface area (Å²) >= 11 is 5.96. The van der Waals surface area contributed by atoms with E-state index in [4.69, 9.17) is 16.0 Å². The highest BCUT2D eigenvalue weighted by atomic mass is 35.5. The van der Waals surface area contributed by atoms with Gasteiger partial charge in [-0.05, 0) is 38.3 Å². The predicted molar refractivity (Wildman–Crippen MR) is 75.1 cm³/mol. The lowest BCUT2D eigenvalue weighted by Crippen LogP contribution is -2.24. The zero-order chi connectivity index (χ0) is 13.4. The Labute approximate surface area is 117 Å². The van der Waals surface area contributed by atoms with Crippen molar-refractivity contribution in [2.24, 2.45) is 0 Å². The van der Waals surface area contributed by atoms with Gasteiger partial charge in [-0.15, -0.1) is 16.7 Å². The van der Waals surface area contributed by atoms with Crippen LogP contribution in [0.2, 0.25) is 0 Å². The van der Waals surface area contributed by atoms with Gasteiger partial charge >= 0.3 is 6.01 Å². The molecule has 100 valence electrons. The van der Waals surface area contributed by atoms with Gasteiger partial charge in [0.05, 0.1) is 0 Å². The van der Waals surface area contributed by atoms with Crippen molar-refractivity contribution in [1.82, 2.24) is 10.2 Å². The average molecular weight is 278 g/mol. The van der Waals surface area contributed by atoms with Crippen LogP contribution in [0.15, 0.2) is 22.6 Å². The lowest BCUT2D eigenvalue weighted by atomic mass is 10.00. The van der Waals surface area contributed by atoms with Crippen LogP contribution in [0.3, 0.4) is 0 Å². The Balaban J connectivity index is 1.98. The van der Waals surface area contributed by atoms with Crippen LogP contribution in [0, 0.1) is 6.92 Å². The summed E-state index contributed by atoms with van der Waals surface area (Å²) in [6.07, 6.45) is 2.19. The summed E-state index contributed by atoms with van der Waals surface area (Å²) < 4.78 is 5.64. The number of benzene rings is 1. The van der Waals surface area contributed by atoms with Crippen molar-refractivity contribution < 1.29 is 4.42 Å². The van der Waals surface area contributed by atoms with E-state index < -0.39 is 0 Å². The normalized spacial score (nSPS) is 16.3. The van der Waals surface area contributed by atoms with Crippen LogP contribution in [-0.4, -0.2) is 16.7 Å². The van der Waals surface area contributed by atoms with E-state index in [0.717, 1.165) is 25.1 Å². The van der Waals surface area contributed by atoms with E-state index in [-0.39, 0.29) is 5.38 Å². The fourth-order valence-electron chi connectivity index (χ4n) is 2.42. The summed E-state index contributed by atoms with van der Waals surface area (Å²) in [5, 5.41) is 7.84. The van der Waals surface area contributed by atoms with Gasteiger partial charge in [-0.3, -0.25) is 4.90 Å². The number of hydrogen-bond acceptors (Lipinski definition) is 4. The van der Waals surface area contributed by atoms with Crippen LogP contribution < -0.4 is 4.90 Å². The molecule has 1 aromatic heterocycles. The third-order valence-electron chi connectivity index (χ3n) is 3.35. The SMILES string of the molecule is Cc1ccc2c(c1)CCCN2c1nnc(C(C)Cl)o1. The third kappa shape index (κ3) is 2.32. The molecular formula is C14H16ClN3O. The maximum atomic E-state index is 5.96. The van der Waals surface area contributed by atoms with E-state index in [1.54, 1.807) is 0 Å². The number of aromatic nitrogens is 2. The Morgan fingerprint density at radius 1 is 1.37 bits per heavy atom. The minimum atomic E-state index is -0.261. The minimum absolute atomic E-state index is 0.261. The Morgan fingerprint density at radius 2 is 2.21 bits per heavy atom. The standard InChI is InChI=1S/C14H16ClN3O/c1-9-5-6-12-11(8-9)4-3-7-18(12)14-17-16-13(19-14)10(2)15/h5-6,8,10H,3-4,7H2,1-2H3. The fraction of sp³-hybridized carbons (Fsp3) is 0.429. The van der Waals surface area contributed by atoms with Gasteiger partial charge in [0, 0.05) is 12.2 Å². The second-order valence-corrected chi connectivity index (χ2v) is 5.58. The highest BCUT2D eigenvalue weighted by Gasteiger charge is 2.23. The molecule has 5 heteroatoms. The Hall–Kier alpha value is -1.55. The van der Waals surface area contributed by atoms with E-state index in [9.17, 15) is 0 Å². The van der Waals surface area contributed by atoms with Gasteiger partial charge in [-0.25, -0.2) is 0 Å². The molecule has 2 heterocycles. The summed E-state index contributed by atoms with van der Waals surface area (Å²) in [5.74, 6) is 0.468. The first-order chi connectivity index (χ1) is 9.15. The van der Waals surface area contributed by atoms with Crippen LogP contribution in [0.25, 0.3) is 0 Å². The number of anilines is 2. The Kier molecular flexibility index (Phi) is 3.19. The molecule has 0 saturated heterocycles. The van der Waals surface area contributed by atoms with Crippen LogP contribution in [0.1, 0.15) is 35.7 Å². The number of fused-ring (bicyclic) bond motifs is 1. The van der Waals surface area contributed by atoms with Crippen molar-refractivity contribution in [3.63, 3.8) is 0 Å². The van der Waals surface area contributed by atoms with Crippen LogP contribution >= 0.6 is 11.6 Å². The van der Waals surface area contributed by atoms with Crippen molar-refractivity contribution in [2.45, 2.75) is 32.1 Å². The molecule has 0 fully saturated rings.